The van der Waals surface area contributed by atoms with E-state index in [1.807, 2.05) is 0 Å². The van der Waals surface area contributed by atoms with Crippen LogP contribution in [0.15, 0.2) is 28.4 Å². The molecule has 7 heteroatoms. The highest BCUT2D eigenvalue weighted by molar-refractivity contribution is 9.10. The molecule has 0 saturated carbocycles. The topological polar surface area (TPSA) is 75.6 Å². The summed E-state index contributed by atoms with van der Waals surface area (Å²) in [7, 11) is 0. The minimum Gasteiger partial charge on any atom is -0.477 e. The summed E-state index contributed by atoms with van der Waals surface area (Å²) < 4.78 is 19.1. The van der Waals surface area contributed by atoms with Gasteiger partial charge in [-0.1, -0.05) is 15.9 Å². The van der Waals surface area contributed by atoms with Gasteiger partial charge in [-0.05, 0) is 45.0 Å². The highest BCUT2D eigenvalue weighted by atomic mass is 79.9. The lowest BCUT2D eigenvalue weighted by atomic mass is 10.2. The number of carbonyl (C=O) groups excluding carboxylic acids is 1. The van der Waals surface area contributed by atoms with Crippen LogP contribution in [0.3, 0.4) is 0 Å². The molecule has 0 heterocycles. The van der Waals surface area contributed by atoms with Gasteiger partial charge in [-0.2, -0.15) is 0 Å². The minimum atomic E-state index is -1.40. The highest BCUT2D eigenvalue weighted by Crippen LogP contribution is 2.18. The Morgan fingerprint density at radius 1 is 1.38 bits per heavy atom. The van der Waals surface area contributed by atoms with Gasteiger partial charge in [-0.15, -0.1) is 0 Å². The number of rotatable bonds is 3. The maximum absolute atomic E-state index is 13.6. The molecule has 0 fully saturated rings. The van der Waals surface area contributed by atoms with E-state index in [1.54, 1.807) is 20.8 Å². The van der Waals surface area contributed by atoms with Crippen LogP contribution in [-0.4, -0.2) is 22.8 Å². The molecule has 0 saturated heterocycles. The third-order valence-corrected chi connectivity index (χ3v) is 2.62. The van der Waals surface area contributed by atoms with Crippen molar-refractivity contribution >= 4 is 34.1 Å². The summed E-state index contributed by atoms with van der Waals surface area (Å²) in [5.74, 6) is -2.01. The monoisotopic (exact) mass is 359 g/mol. The lowest BCUT2D eigenvalue weighted by molar-refractivity contribution is -0.133. The number of nitrogens with one attached hydrogen (secondary N) is 1. The summed E-state index contributed by atoms with van der Waals surface area (Å²) in [6.07, 6.45) is 0.0957. The summed E-state index contributed by atoms with van der Waals surface area (Å²) in [6.45, 7) is 4.93. The second-order valence-electron chi connectivity index (χ2n) is 5.16. The molecule has 0 spiro atoms. The predicted octanol–water partition coefficient (Wildman–Crippen LogP) is 3.54. The summed E-state index contributed by atoms with van der Waals surface area (Å²) in [6, 6.07) is 4.06. The summed E-state index contributed by atoms with van der Waals surface area (Å²) in [4.78, 5) is 22.7. The Morgan fingerprint density at radius 3 is 2.52 bits per heavy atom. The van der Waals surface area contributed by atoms with Crippen molar-refractivity contribution in [2.24, 2.45) is 0 Å². The van der Waals surface area contributed by atoms with E-state index in [-0.39, 0.29) is 5.56 Å². The van der Waals surface area contributed by atoms with Gasteiger partial charge in [0.2, 0.25) is 0 Å². The zero-order valence-corrected chi connectivity index (χ0v) is 13.3. The Hall–Kier alpha value is -1.89. The number of ether oxygens (including phenoxy) is 1. The van der Waals surface area contributed by atoms with Crippen LogP contribution >= 0.6 is 15.9 Å². The maximum Gasteiger partial charge on any atom is 0.412 e. The molecule has 1 aromatic carbocycles. The first kappa shape index (κ1) is 17.2. The van der Waals surface area contributed by atoms with Crippen molar-refractivity contribution in [1.82, 2.24) is 5.32 Å². The van der Waals surface area contributed by atoms with Gasteiger partial charge in [0.15, 0.2) is 0 Å². The van der Waals surface area contributed by atoms with E-state index >= 15 is 0 Å². The molecule has 21 heavy (non-hydrogen) atoms. The van der Waals surface area contributed by atoms with E-state index in [4.69, 9.17) is 9.84 Å². The molecule has 2 N–H and O–H groups in total. The largest absolute Gasteiger partial charge is 0.477 e. The first-order valence-electron chi connectivity index (χ1n) is 5.98. The van der Waals surface area contributed by atoms with E-state index in [1.165, 1.54) is 18.2 Å². The summed E-state index contributed by atoms with van der Waals surface area (Å²) in [5.41, 5.74) is -1.23. The quantitative estimate of drug-likeness (QED) is 0.809. The molecule has 0 aliphatic rings. The lowest BCUT2D eigenvalue weighted by Gasteiger charge is -2.19. The summed E-state index contributed by atoms with van der Waals surface area (Å²) in [5, 5.41) is 11.2. The average Bonchev–Trinajstić information content (AvgIpc) is 2.30. The van der Waals surface area contributed by atoms with Crippen LogP contribution in [0.4, 0.5) is 9.18 Å². The van der Waals surface area contributed by atoms with Gasteiger partial charge in [0, 0.05) is 10.0 Å². The van der Waals surface area contributed by atoms with Crippen LogP contribution in [-0.2, 0) is 9.53 Å². The number of aliphatic carboxylic acids is 1. The SMILES string of the molecule is CC(C)(C)OC(=O)NC(=Cc1cc(Br)ccc1F)C(=O)O. The molecule has 0 atom stereocenters. The van der Waals surface area contributed by atoms with Crippen LogP contribution in [0.5, 0.6) is 0 Å². The smallest absolute Gasteiger partial charge is 0.412 e. The van der Waals surface area contributed by atoms with Crippen molar-refractivity contribution in [1.29, 1.82) is 0 Å². The van der Waals surface area contributed by atoms with Gasteiger partial charge in [0.05, 0.1) is 0 Å². The van der Waals surface area contributed by atoms with Crippen LogP contribution in [0.2, 0.25) is 0 Å². The molecule has 114 valence electrons. The Kier molecular flexibility index (Phi) is 5.48. The van der Waals surface area contributed by atoms with Gasteiger partial charge < -0.3 is 9.84 Å². The number of carboxylic acid groups (broad SMARTS) is 1. The second kappa shape index (κ2) is 6.71. The van der Waals surface area contributed by atoms with Crippen LogP contribution in [0.25, 0.3) is 6.08 Å². The lowest BCUT2D eigenvalue weighted by Crippen LogP contribution is -2.34. The number of carboxylic acids is 1. The third kappa shape index (κ3) is 5.95. The molecule has 1 rings (SSSR count). The molecule has 1 amide bonds. The average molecular weight is 360 g/mol. The molecule has 0 aliphatic heterocycles. The zero-order chi connectivity index (χ0) is 16.2. The number of amides is 1. The van der Waals surface area contributed by atoms with Crippen molar-refractivity contribution < 1.29 is 23.8 Å². The molecular formula is C14H15BrFNO4. The van der Waals surface area contributed by atoms with Gasteiger partial charge in [0.25, 0.3) is 0 Å². The number of halogens is 2. The van der Waals surface area contributed by atoms with E-state index in [9.17, 15) is 14.0 Å². The third-order valence-electron chi connectivity index (χ3n) is 2.12. The van der Waals surface area contributed by atoms with Gasteiger partial charge in [-0.25, -0.2) is 14.0 Å². The molecule has 5 nitrogen and oxygen atoms in total. The standard InChI is InChI=1S/C14H15BrFNO4/c1-14(2,3)21-13(20)17-11(12(18)19)7-8-6-9(15)4-5-10(8)16/h4-7H,1-3H3,(H,17,20)(H,18,19). The normalized spacial score (nSPS) is 12.0. The van der Waals surface area contributed by atoms with Gasteiger partial charge in [0.1, 0.15) is 17.1 Å². The Balaban J connectivity index is 3.02. The summed E-state index contributed by atoms with van der Waals surface area (Å²) >= 11 is 3.16. The minimum absolute atomic E-state index is 0.0258. The van der Waals surface area contributed by atoms with E-state index in [2.05, 4.69) is 21.2 Å². The van der Waals surface area contributed by atoms with Crippen molar-refractivity contribution in [2.45, 2.75) is 26.4 Å². The van der Waals surface area contributed by atoms with Crippen molar-refractivity contribution in [3.05, 3.63) is 39.7 Å². The fourth-order valence-corrected chi connectivity index (χ4v) is 1.72. The van der Waals surface area contributed by atoms with E-state index in [0.717, 1.165) is 6.08 Å². The molecular weight excluding hydrogens is 345 g/mol. The molecule has 0 unspecified atom stereocenters. The molecule has 0 bridgehead atoms. The number of carbonyl (C=O) groups is 2. The number of alkyl carbamates (subject to hydrolysis) is 1. The van der Waals surface area contributed by atoms with Crippen LogP contribution < -0.4 is 5.32 Å². The molecule has 0 aromatic heterocycles. The first-order valence-corrected chi connectivity index (χ1v) is 6.78. The van der Waals surface area contributed by atoms with E-state index < -0.39 is 29.2 Å². The first-order chi connectivity index (χ1) is 9.58. The van der Waals surface area contributed by atoms with Gasteiger partial charge >= 0.3 is 12.1 Å². The predicted molar refractivity (Wildman–Crippen MR) is 79.1 cm³/mol. The second-order valence-corrected chi connectivity index (χ2v) is 6.07. The highest BCUT2D eigenvalue weighted by Gasteiger charge is 2.19. The fraction of sp³-hybridized carbons (Fsp3) is 0.286. The van der Waals surface area contributed by atoms with Gasteiger partial charge in [-0.3, -0.25) is 5.32 Å². The number of hydrogen-bond acceptors (Lipinski definition) is 3. The zero-order valence-electron chi connectivity index (χ0n) is 11.7. The van der Waals surface area contributed by atoms with Crippen molar-refractivity contribution in [3.63, 3.8) is 0 Å². The maximum atomic E-state index is 13.6. The Morgan fingerprint density at radius 2 is 2.00 bits per heavy atom. The Labute approximate surface area is 129 Å². The number of benzene rings is 1. The fourth-order valence-electron chi connectivity index (χ4n) is 1.35. The molecule has 0 radical (unpaired) electrons. The Bertz CT molecular complexity index is 593. The molecule has 0 aliphatic carbocycles. The van der Waals surface area contributed by atoms with Crippen LogP contribution in [0, 0.1) is 5.82 Å². The van der Waals surface area contributed by atoms with Crippen molar-refractivity contribution in [2.75, 3.05) is 0 Å². The molecule has 1 aromatic rings. The number of hydrogen-bond donors (Lipinski definition) is 2. The van der Waals surface area contributed by atoms with E-state index in [0.29, 0.717) is 4.47 Å². The van der Waals surface area contributed by atoms with Crippen molar-refractivity contribution in [3.8, 4) is 0 Å². The van der Waals surface area contributed by atoms with Crippen LogP contribution in [0.1, 0.15) is 26.3 Å².